The average molecular weight is 412 g/mol. The highest BCUT2D eigenvalue weighted by Crippen LogP contribution is 2.14. The molecule has 0 saturated carbocycles. The molecule has 2 aromatic rings. The lowest BCUT2D eigenvalue weighted by Gasteiger charge is -2.21. The fourth-order valence-electron chi connectivity index (χ4n) is 3.09. The lowest BCUT2D eigenvalue weighted by molar-refractivity contribution is -0.131. The molecule has 0 aliphatic heterocycles. The van der Waals surface area contributed by atoms with E-state index >= 15 is 0 Å². The number of pyridine rings is 1. The summed E-state index contributed by atoms with van der Waals surface area (Å²) in [6, 6.07) is 13.4. The van der Waals surface area contributed by atoms with Crippen LogP contribution in [0.4, 0.5) is 0 Å². The molecular formula is C24H33N3O3. The number of benzene rings is 1. The molecule has 0 spiro atoms. The number of carbonyl (C=O) groups excluding carboxylic acids is 2. The van der Waals surface area contributed by atoms with Crippen molar-refractivity contribution in [2.75, 3.05) is 13.1 Å². The van der Waals surface area contributed by atoms with E-state index in [2.05, 4.69) is 24.1 Å². The Kier molecular flexibility index (Phi) is 10.4. The van der Waals surface area contributed by atoms with Crippen LogP contribution in [-0.2, 0) is 22.7 Å². The number of hydrogen-bond donors (Lipinski definition) is 1. The normalized spacial score (nSPS) is 10.5. The van der Waals surface area contributed by atoms with Gasteiger partial charge in [-0.1, -0.05) is 32.0 Å². The number of aromatic nitrogens is 1. The van der Waals surface area contributed by atoms with Crippen LogP contribution in [0, 0.1) is 0 Å². The van der Waals surface area contributed by atoms with E-state index in [-0.39, 0.29) is 11.8 Å². The summed E-state index contributed by atoms with van der Waals surface area (Å²) in [4.78, 5) is 30.4. The molecule has 0 atom stereocenters. The second-order valence-corrected chi connectivity index (χ2v) is 7.26. The van der Waals surface area contributed by atoms with Gasteiger partial charge in [0.05, 0.1) is 5.69 Å². The van der Waals surface area contributed by atoms with Crippen molar-refractivity contribution in [2.24, 2.45) is 0 Å². The highest BCUT2D eigenvalue weighted by molar-refractivity contribution is 5.79. The summed E-state index contributed by atoms with van der Waals surface area (Å²) >= 11 is 0. The van der Waals surface area contributed by atoms with E-state index in [1.807, 2.05) is 47.4 Å². The molecule has 1 N–H and O–H groups in total. The first-order valence-corrected chi connectivity index (χ1v) is 10.8. The van der Waals surface area contributed by atoms with Crippen molar-refractivity contribution in [3.63, 3.8) is 0 Å². The first-order chi connectivity index (χ1) is 14.6. The van der Waals surface area contributed by atoms with Gasteiger partial charge < -0.3 is 15.0 Å². The van der Waals surface area contributed by atoms with Gasteiger partial charge in [0.1, 0.15) is 12.4 Å². The first kappa shape index (κ1) is 23.4. The van der Waals surface area contributed by atoms with Crippen molar-refractivity contribution in [2.45, 2.75) is 59.1 Å². The zero-order valence-electron chi connectivity index (χ0n) is 18.1. The standard InChI is InChI=1S/C24H33N3O3/c1-3-16-27(17-4-2)24(29)10-7-9-23(28)26-18-20-11-13-22(14-12-20)30-19-21-8-5-6-15-25-21/h5-6,8,11-15H,3-4,7,9-10,16-19H2,1-2H3,(H,26,28). The van der Waals surface area contributed by atoms with Gasteiger partial charge in [-0.15, -0.1) is 0 Å². The zero-order valence-corrected chi connectivity index (χ0v) is 18.1. The molecule has 6 heteroatoms. The Morgan fingerprint density at radius 3 is 2.37 bits per heavy atom. The predicted molar refractivity (Wildman–Crippen MR) is 118 cm³/mol. The number of carbonyl (C=O) groups is 2. The minimum absolute atomic E-state index is 0.0317. The number of nitrogens with zero attached hydrogens (tertiary/aromatic N) is 2. The lowest BCUT2D eigenvalue weighted by atomic mass is 10.2. The number of rotatable bonds is 13. The van der Waals surface area contributed by atoms with Crippen molar-refractivity contribution in [1.29, 1.82) is 0 Å². The number of ether oxygens (including phenoxy) is 1. The molecule has 0 fully saturated rings. The van der Waals surface area contributed by atoms with Gasteiger partial charge in [-0.2, -0.15) is 0 Å². The maximum atomic E-state index is 12.2. The van der Waals surface area contributed by atoms with E-state index in [1.54, 1.807) is 6.20 Å². The molecule has 0 radical (unpaired) electrons. The highest BCUT2D eigenvalue weighted by atomic mass is 16.5. The fourth-order valence-corrected chi connectivity index (χ4v) is 3.09. The molecule has 1 heterocycles. The van der Waals surface area contributed by atoms with E-state index < -0.39 is 0 Å². The van der Waals surface area contributed by atoms with Crippen molar-refractivity contribution in [1.82, 2.24) is 15.2 Å². The van der Waals surface area contributed by atoms with Crippen LogP contribution in [-0.4, -0.2) is 34.8 Å². The van der Waals surface area contributed by atoms with E-state index in [9.17, 15) is 9.59 Å². The molecular weight excluding hydrogens is 378 g/mol. The monoisotopic (exact) mass is 411 g/mol. The SMILES string of the molecule is CCCN(CCC)C(=O)CCCC(=O)NCc1ccc(OCc2ccccn2)cc1. The Labute approximate surface area is 179 Å². The van der Waals surface area contributed by atoms with Crippen LogP contribution >= 0.6 is 0 Å². The van der Waals surface area contributed by atoms with E-state index in [4.69, 9.17) is 4.74 Å². The molecule has 0 aliphatic carbocycles. The van der Waals surface area contributed by atoms with Crippen molar-refractivity contribution < 1.29 is 14.3 Å². The molecule has 162 valence electrons. The van der Waals surface area contributed by atoms with Crippen LogP contribution < -0.4 is 10.1 Å². The summed E-state index contributed by atoms with van der Waals surface area (Å²) in [6.07, 6.45) is 5.03. The first-order valence-electron chi connectivity index (χ1n) is 10.8. The Balaban J connectivity index is 1.66. The topological polar surface area (TPSA) is 71.5 Å². The van der Waals surface area contributed by atoms with Gasteiger partial charge in [-0.05, 0) is 49.1 Å². The predicted octanol–water partition coefficient (Wildman–Crippen LogP) is 4.10. The molecule has 1 aromatic heterocycles. The molecule has 2 rings (SSSR count). The average Bonchev–Trinajstić information content (AvgIpc) is 2.77. The third-order valence-electron chi connectivity index (χ3n) is 4.66. The number of hydrogen-bond acceptors (Lipinski definition) is 4. The number of amides is 2. The maximum absolute atomic E-state index is 12.2. The molecule has 0 unspecified atom stereocenters. The van der Waals surface area contributed by atoms with Crippen LogP contribution in [0.1, 0.15) is 57.2 Å². The molecule has 0 bridgehead atoms. The van der Waals surface area contributed by atoms with Crippen molar-refractivity contribution >= 4 is 11.8 Å². The summed E-state index contributed by atoms with van der Waals surface area (Å²) in [6.45, 7) is 6.61. The maximum Gasteiger partial charge on any atom is 0.222 e. The summed E-state index contributed by atoms with van der Waals surface area (Å²) in [5.41, 5.74) is 1.88. The van der Waals surface area contributed by atoms with Gasteiger partial charge in [0.15, 0.2) is 0 Å². The van der Waals surface area contributed by atoms with Crippen LogP contribution in [0.2, 0.25) is 0 Å². The van der Waals surface area contributed by atoms with E-state index in [1.165, 1.54) is 0 Å². The molecule has 0 saturated heterocycles. The van der Waals surface area contributed by atoms with Crippen LogP contribution in [0.3, 0.4) is 0 Å². The second-order valence-electron chi connectivity index (χ2n) is 7.26. The summed E-state index contributed by atoms with van der Waals surface area (Å²) < 4.78 is 5.72. The van der Waals surface area contributed by atoms with Crippen LogP contribution in [0.15, 0.2) is 48.7 Å². The Hall–Kier alpha value is -2.89. The fraction of sp³-hybridized carbons (Fsp3) is 0.458. The largest absolute Gasteiger partial charge is 0.487 e. The molecule has 30 heavy (non-hydrogen) atoms. The smallest absolute Gasteiger partial charge is 0.222 e. The number of nitrogens with one attached hydrogen (secondary N) is 1. The molecule has 1 aromatic carbocycles. The zero-order chi connectivity index (χ0) is 21.6. The van der Waals surface area contributed by atoms with E-state index in [0.717, 1.165) is 42.9 Å². The Morgan fingerprint density at radius 1 is 1.00 bits per heavy atom. The minimum atomic E-state index is -0.0317. The molecule has 0 aliphatic rings. The molecule has 6 nitrogen and oxygen atoms in total. The summed E-state index contributed by atoms with van der Waals surface area (Å²) in [7, 11) is 0. The highest BCUT2D eigenvalue weighted by Gasteiger charge is 2.12. The van der Waals surface area contributed by atoms with Crippen molar-refractivity contribution in [3.05, 3.63) is 59.9 Å². The minimum Gasteiger partial charge on any atom is -0.487 e. The van der Waals surface area contributed by atoms with Gasteiger partial charge >= 0.3 is 0 Å². The van der Waals surface area contributed by atoms with Crippen LogP contribution in [0.25, 0.3) is 0 Å². The third kappa shape index (κ3) is 8.64. The Morgan fingerprint density at radius 2 is 1.73 bits per heavy atom. The molecule has 2 amide bonds. The second kappa shape index (κ2) is 13.4. The van der Waals surface area contributed by atoms with Crippen molar-refractivity contribution in [3.8, 4) is 5.75 Å². The van der Waals surface area contributed by atoms with Gasteiger partial charge in [-0.3, -0.25) is 14.6 Å². The van der Waals surface area contributed by atoms with Gasteiger partial charge in [-0.25, -0.2) is 0 Å². The van der Waals surface area contributed by atoms with Gasteiger partial charge in [0, 0.05) is 38.7 Å². The van der Waals surface area contributed by atoms with Gasteiger partial charge in [0.2, 0.25) is 11.8 Å². The quantitative estimate of drug-likeness (QED) is 0.539. The van der Waals surface area contributed by atoms with Gasteiger partial charge in [0.25, 0.3) is 0 Å². The Bertz CT molecular complexity index is 757. The third-order valence-corrected chi connectivity index (χ3v) is 4.66. The summed E-state index contributed by atoms with van der Waals surface area (Å²) in [5, 5.41) is 2.91. The van der Waals surface area contributed by atoms with E-state index in [0.29, 0.717) is 32.4 Å². The summed E-state index contributed by atoms with van der Waals surface area (Å²) in [5.74, 6) is 0.876. The lowest BCUT2D eigenvalue weighted by Crippen LogP contribution is -2.32. The van der Waals surface area contributed by atoms with Crippen LogP contribution in [0.5, 0.6) is 5.75 Å².